The molecule has 7 heteroatoms. The van der Waals surface area contributed by atoms with Crippen molar-refractivity contribution in [3.8, 4) is 0 Å². The second-order valence-electron chi connectivity index (χ2n) is 4.29. The molecule has 0 saturated heterocycles. The van der Waals surface area contributed by atoms with Crippen molar-refractivity contribution in [2.45, 2.75) is 11.8 Å². The molecule has 2 rings (SSSR count). The van der Waals surface area contributed by atoms with E-state index in [-0.39, 0.29) is 4.90 Å². The first-order valence-electron chi connectivity index (χ1n) is 6.24. The molecule has 21 heavy (non-hydrogen) atoms. The first-order valence-corrected chi connectivity index (χ1v) is 8.89. The van der Waals surface area contributed by atoms with Crippen LogP contribution in [0.2, 0.25) is 5.02 Å². The van der Waals surface area contributed by atoms with Gasteiger partial charge in [-0.05, 0) is 65.3 Å². The van der Waals surface area contributed by atoms with Gasteiger partial charge in [0.1, 0.15) is 0 Å². The maximum Gasteiger partial charge on any atom is 0.261 e. The lowest BCUT2D eigenvalue weighted by Gasteiger charge is -2.10. The lowest BCUT2D eigenvalue weighted by molar-refractivity contribution is 0.601. The van der Waals surface area contributed by atoms with Gasteiger partial charge in [-0.25, -0.2) is 8.42 Å². The van der Waals surface area contributed by atoms with Gasteiger partial charge in [0.15, 0.2) is 0 Å². The van der Waals surface area contributed by atoms with E-state index < -0.39 is 10.0 Å². The largest absolute Gasteiger partial charge is 0.385 e. The lowest BCUT2D eigenvalue weighted by atomic mass is 10.3. The van der Waals surface area contributed by atoms with Gasteiger partial charge in [0.25, 0.3) is 10.0 Å². The highest BCUT2D eigenvalue weighted by Crippen LogP contribution is 2.27. The normalized spacial score (nSPS) is 11.2. The first kappa shape index (κ1) is 16.1. The van der Waals surface area contributed by atoms with Crippen molar-refractivity contribution < 1.29 is 8.42 Å². The SMILES string of the molecule is CCNc1ccc(S(=O)(=O)Nc2ccc(Br)c(Cl)c2)cc1. The van der Waals surface area contributed by atoms with Gasteiger partial charge in [-0.2, -0.15) is 0 Å². The molecular formula is C14H14BrClN2O2S. The fourth-order valence-electron chi connectivity index (χ4n) is 1.73. The number of anilines is 2. The van der Waals surface area contributed by atoms with Crippen LogP contribution in [0.1, 0.15) is 6.92 Å². The molecule has 0 aliphatic rings. The van der Waals surface area contributed by atoms with E-state index in [1.54, 1.807) is 42.5 Å². The van der Waals surface area contributed by atoms with Crippen molar-refractivity contribution in [1.29, 1.82) is 0 Å². The number of hydrogen-bond acceptors (Lipinski definition) is 3. The number of benzene rings is 2. The number of rotatable bonds is 5. The molecule has 0 aliphatic carbocycles. The average Bonchev–Trinajstić information content (AvgIpc) is 2.44. The molecule has 112 valence electrons. The Bertz CT molecular complexity index is 733. The Balaban J connectivity index is 2.23. The first-order chi connectivity index (χ1) is 9.92. The van der Waals surface area contributed by atoms with Gasteiger partial charge in [0, 0.05) is 16.7 Å². The number of hydrogen-bond donors (Lipinski definition) is 2. The van der Waals surface area contributed by atoms with Crippen molar-refractivity contribution in [3.05, 3.63) is 52.0 Å². The Morgan fingerprint density at radius 3 is 2.29 bits per heavy atom. The van der Waals surface area contributed by atoms with Gasteiger partial charge in [-0.1, -0.05) is 11.6 Å². The van der Waals surface area contributed by atoms with Crippen LogP contribution in [0.5, 0.6) is 0 Å². The summed E-state index contributed by atoms with van der Waals surface area (Å²) in [5, 5.41) is 3.55. The van der Waals surface area contributed by atoms with Crippen LogP contribution < -0.4 is 10.0 Å². The van der Waals surface area contributed by atoms with Crippen LogP contribution in [0, 0.1) is 0 Å². The molecule has 2 aromatic carbocycles. The Kier molecular flexibility index (Phi) is 5.13. The average molecular weight is 390 g/mol. The molecule has 0 aromatic heterocycles. The number of halogens is 2. The van der Waals surface area contributed by atoms with E-state index in [0.29, 0.717) is 15.2 Å². The molecule has 0 unspecified atom stereocenters. The Morgan fingerprint density at radius 2 is 1.71 bits per heavy atom. The van der Waals surface area contributed by atoms with Gasteiger partial charge in [0.2, 0.25) is 0 Å². The predicted molar refractivity (Wildman–Crippen MR) is 90.6 cm³/mol. The highest BCUT2D eigenvalue weighted by molar-refractivity contribution is 9.10. The van der Waals surface area contributed by atoms with Crippen molar-refractivity contribution in [1.82, 2.24) is 0 Å². The maximum atomic E-state index is 12.3. The molecule has 0 heterocycles. The summed E-state index contributed by atoms with van der Waals surface area (Å²) in [6, 6.07) is 11.5. The molecule has 0 bridgehead atoms. The van der Waals surface area contributed by atoms with Crippen molar-refractivity contribution in [2.24, 2.45) is 0 Å². The van der Waals surface area contributed by atoms with E-state index >= 15 is 0 Å². The third kappa shape index (κ3) is 4.12. The minimum Gasteiger partial charge on any atom is -0.385 e. The summed E-state index contributed by atoms with van der Waals surface area (Å²) in [6.45, 7) is 2.76. The summed E-state index contributed by atoms with van der Waals surface area (Å²) in [4.78, 5) is 0.197. The standard InChI is InChI=1S/C14H14BrClN2O2S/c1-2-17-10-3-6-12(7-4-10)21(19,20)18-11-5-8-13(15)14(16)9-11/h3-9,17-18H,2H2,1H3. The Hall–Kier alpha value is -1.24. The summed E-state index contributed by atoms with van der Waals surface area (Å²) in [7, 11) is -3.63. The van der Waals surface area contributed by atoms with Gasteiger partial charge in [0.05, 0.1) is 15.6 Å². The van der Waals surface area contributed by atoms with Crippen LogP contribution in [0.4, 0.5) is 11.4 Å². The molecule has 2 N–H and O–H groups in total. The highest BCUT2D eigenvalue weighted by atomic mass is 79.9. The molecule has 0 radical (unpaired) electrons. The molecule has 0 aliphatic heterocycles. The fourth-order valence-corrected chi connectivity index (χ4v) is 3.21. The number of nitrogens with one attached hydrogen (secondary N) is 2. The summed E-state index contributed by atoms with van der Waals surface area (Å²) in [6.07, 6.45) is 0. The van der Waals surface area contributed by atoms with Crippen LogP contribution >= 0.6 is 27.5 Å². The molecule has 0 atom stereocenters. The van der Waals surface area contributed by atoms with E-state index in [1.807, 2.05) is 6.92 Å². The van der Waals surface area contributed by atoms with Crippen LogP contribution in [-0.2, 0) is 10.0 Å². The predicted octanol–water partition coefficient (Wildman–Crippen LogP) is 4.34. The van der Waals surface area contributed by atoms with Crippen LogP contribution in [0.25, 0.3) is 0 Å². The third-order valence-electron chi connectivity index (χ3n) is 2.72. The van der Waals surface area contributed by atoms with Crippen LogP contribution in [0.3, 0.4) is 0 Å². The third-order valence-corrected chi connectivity index (χ3v) is 5.35. The molecule has 0 amide bonds. The zero-order chi connectivity index (χ0) is 15.5. The minimum atomic E-state index is -3.63. The Morgan fingerprint density at radius 1 is 1.10 bits per heavy atom. The van der Waals surface area contributed by atoms with Gasteiger partial charge >= 0.3 is 0 Å². The van der Waals surface area contributed by atoms with E-state index in [0.717, 1.165) is 12.2 Å². The van der Waals surface area contributed by atoms with Crippen LogP contribution in [0.15, 0.2) is 51.8 Å². The molecule has 0 spiro atoms. The van der Waals surface area contributed by atoms with Crippen LogP contribution in [-0.4, -0.2) is 15.0 Å². The van der Waals surface area contributed by atoms with Gasteiger partial charge in [-0.3, -0.25) is 4.72 Å². The quantitative estimate of drug-likeness (QED) is 0.800. The van der Waals surface area contributed by atoms with E-state index in [2.05, 4.69) is 26.0 Å². The summed E-state index contributed by atoms with van der Waals surface area (Å²) < 4.78 is 27.8. The zero-order valence-corrected chi connectivity index (χ0v) is 14.4. The Labute approximate surface area is 137 Å². The monoisotopic (exact) mass is 388 g/mol. The minimum absolute atomic E-state index is 0.197. The molecule has 0 saturated carbocycles. The maximum absolute atomic E-state index is 12.3. The smallest absolute Gasteiger partial charge is 0.261 e. The lowest BCUT2D eigenvalue weighted by Crippen LogP contribution is -2.13. The van der Waals surface area contributed by atoms with Crippen molar-refractivity contribution in [2.75, 3.05) is 16.6 Å². The van der Waals surface area contributed by atoms with Gasteiger partial charge < -0.3 is 5.32 Å². The van der Waals surface area contributed by atoms with E-state index in [4.69, 9.17) is 11.6 Å². The topological polar surface area (TPSA) is 58.2 Å². The van der Waals surface area contributed by atoms with Gasteiger partial charge in [-0.15, -0.1) is 0 Å². The summed E-state index contributed by atoms with van der Waals surface area (Å²) in [5.74, 6) is 0. The second kappa shape index (κ2) is 6.68. The molecular weight excluding hydrogens is 376 g/mol. The summed E-state index contributed by atoms with van der Waals surface area (Å²) >= 11 is 9.21. The van der Waals surface area contributed by atoms with E-state index in [1.165, 1.54) is 0 Å². The molecule has 2 aromatic rings. The molecule has 4 nitrogen and oxygen atoms in total. The highest BCUT2D eigenvalue weighted by Gasteiger charge is 2.14. The fraction of sp³-hybridized carbons (Fsp3) is 0.143. The van der Waals surface area contributed by atoms with E-state index in [9.17, 15) is 8.42 Å². The van der Waals surface area contributed by atoms with Crippen molar-refractivity contribution in [3.63, 3.8) is 0 Å². The molecule has 0 fully saturated rings. The second-order valence-corrected chi connectivity index (χ2v) is 7.23. The summed E-state index contributed by atoms with van der Waals surface area (Å²) in [5.41, 5.74) is 1.29. The number of sulfonamides is 1. The van der Waals surface area contributed by atoms with Crippen molar-refractivity contribution >= 4 is 48.9 Å². The zero-order valence-electron chi connectivity index (χ0n) is 11.2.